The van der Waals surface area contributed by atoms with E-state index < -0.39 is 0 Å². The predicted molar refractivity (Wildman–Crippen MR) is 58.7 cm³/mol. The number of nitrogens with zero attached hydrogens (tertiary/aromatic N) is 4. The second-order valence-electron chi connectivity index (χ2n) is 4.16. The smallest absolute Gasteiger partial charge is 0.120 e. The minimum Gasteiger partial charge on any atom is -0.333 e. The highest BCUT2D eigenvalue weighted by molar-refractivity contribution is 5.23. The molecule has 1 aliphatic rings. The Kier molecular flexibility index (Phi) is 2.03. The van der Waals surface area contributed by atoms with Gasteiger partial charge in [-0.1, -0.05) is 0 Å². The third-order valence-electron chi connectivity index (χ3n) is 2.96. The molecule has 0 spiro atoms. The standard InChI is InChI=1S/C12H12N4/c13-6-11-2-1-5-15(11)8-12-7-14-9-16(12)10-3-4-10/h1-2,5,7,9-10H,3-4,8H2. The monoisotopic (exact) mass is 212 g/mol. The van der Waals surface area contributed by atoms with Gasteiger partial charge in [-0.25, -0.2) is 4.98 Å². The molecule has 0 N–H and O–H groups in total. The number of hydrogen-bond acceptors (Lipinski definition) is 2. The molecule has 0 bridgehead atoms. The van der Waals surface area contributed by atoms with E-state index in [2.05, 4.69) is 15.6 Å². The molecule has 1 saturated carbocycles. The fourth-order valence-electron chi connectivity index (χ4n) is 1.96. The van der Waals surface area contributed by atoms with Crippen molar-refractivity contribution in [2.45, 2.75) is 25.4 Å². The average molecular weight is 212 g/mol. The Morgan fingerprint density at radius 1 is 1.50 bits per heavy atom. The predicted octanol–water partition coefficient (Wildman–Crippen LogP) is 1.94. The van der Waals surface area contributed by atoms with Gasteiger partial charge in [-0.3, -0.25) is 0 Å². The lowest BCUT2D eigenvalue weighted by Crippen LogP contribution is -2.06. The van der Waals surface area contributed by atoms with Gasteiger partial charge in [0, 0.05) is 18.4 Å². The first kappa shape index (κ1) is 9.22. The van der Waals surface area contributed by atoms with Crippen LogP contribution in [0.3, 0.4) is 0 Å². The fraction of sp³-hybridized carbons (Fsp3) is 0.333. The Balaban J connectivity index is 1.89. The highest BCUT2D eigenvalue weighted by atomic mass is 15.1. The summed E-state index contributed by atoms with van der Waals surface area (Å²) in [5.41, 5.74) is 1.87. The molecule has 0 aliphatic heterocycles. The molecule has 16 heavy (non-hydrogen) atoms. The van der Waals surface area contributed by atoms with Gasteiger partial charge >= 0.3 is 0 Å². The van der Waals surface area contributed by atoms with Gasteiger partial charge in [0.25, 0.3) is 0 Å². The van der Waals surface area contributed by atoms with E-state index in [0.717, 1.165) is 6.54 Å². The summed E-state index contributed by atoms with van der Waals surface area (Å²) in [5.74, 6) is 0. The van der Waals surface area contributed by atoms with Crippen LogP contribution in [0.15, 0.2) is 30.9 Å². The normalized spacial score (nSPS) is 14.9. The Morgan fingerprint density at radius 3 is 3.12 bits per heavy atom. The number of hydrogen-bond donors (Lipinski definition) is 0. The number of rotatable bonds is 3. The van der Waals surface area contributed by atoms with Gasteiger partial charge in [0.15, 0.2) is 0 Å². The molecule has 1 aliphatic carbocycles. The van der Waals surface area contributed by atoms with E-state index in [-0.39, 0.29) is 0 Å². The van der Waals surface area contributed by atoms with Crippen molar-refractivity contribution in [2.24, 2.45) is 0 Å². The number of nitriles is 1. The van der Waals surface area contributed by atoms with Gasteiger partial charge in [0.1, 0.15) is 11.8 Å². The second kappa shape index (κ2) is 3.53. The van der Waals surface area contributed by atoms with Gasteiger partial charge in [0.05, 0.1) is 18.6 Å². The van der Waals surface area contributed by atoms with E-state index in [1.807, 2.05) is 35.4 Å². The van der Waals surface area contributed by atoms with Crippen molar-refractivity contribution in [3.63, 3.8) is 0 Å². The largest absolute Gasteiger partial charge is 0.333 e. The summed E-state index contributed by atoms with van der Waals surface area (Å²) < 4.78 is 4.18. The van der Waals surface area contributed by atoms with Crippen LogP contribution in [-0.4, -0.2) is 14.1 Å². The van der Waals surface area contributed by atoms with Crippen LogP contribution in [0, 0.1) is 11.3 Å². The topological polar surface area (TPSA) is 46.5 Å². The van der Waals surface area contributed by atoms with Gasteiger partial charge < -0.3 is 9.13 Å². The molecule has 2 aromatic heterocycles. The molecule has 0 radical (unpaired) electrons. The molecule has 0 atom stereocenters. The van der Waals surface area contributed by atoms with Crippen LogP contribution in [0.4, 0.5) is 0 Å². The molecule has 0 aromatic carbocycles. The molecule has 0 amide bonds. The zero-order chi connectivity index (χ0) is 11.0. The van der Waals surface area contributed by atoms with E-state index >= 15 is 0 Å². The van der Waals surface area contributed by atoms with Crippen molar-refractivity contribution in [2.75, 3.05) is 0 Å². The van der Waals surface area contributed by atoms with Crippen LogP contribution in [0.1, 0.15) is 30.3 Å². The van der Waals surface area contributed by atoms with Crippen molar-refractivity contribution < 1.29 is 0 Å². The Bertz CT molecular complexity index is 539. The maximum atomic E-state index is 8.93. The summed E-state index contributed by atoms with van der Waals surface area (Å²) in [4.78, 5) is 4.19. The van der Waals surface area contributed by atoms with Gasteiger partial charge in [-0.15, -0.1) is 0 Å². The van der Waals surface area contributed by atoms with Gasteiger partial charge in [0.2, 0.25) is 0 Å². The van der Waals surface area contributed by atoms with Gasteiger partial charge in [-0.05, 0) is 25.0 Å². The summed E-state index contributed by atoms with van der Waals surface area (Å²) in [6, 6.07) is 6.55. The molecule has 4 heteroatoms. The summed E-state index contributed by atoms with van der Waals surface area (Å²) in [5, 5.41) is 8.93. The lowest BCUT2D eigenvalue weighted by molar-refractivity contribution is 0.655. The molecule has 0 saturated heterocycles. The SMILES string of the molecule is N#Cc1cccn1Cc1cncn1C1CC1. The summed E-state index contributed by atoms with van der Waals surface area (Å²) in [6.07, 6.45) is 8.21. The van der Waals surface area contributed by atoms with E-state index in [4.69, 9.17) is 5.26 Å². The first-order valence-corrected chi connectivity index (χ1v) is 5.44. The maximum Gasteiger partial charge on any atom is 0.120 e. The highest BCUT2D eigenvalue weighted by Crippen LogP contribution is 2.35. The summed E-state index contributed by atoms with van der Waals surface area (Å²) in [6.45, 7) is 0.729. The minimum absolute atomic E-state index is 0.638. The molecule has 4 nitrogen and oxygen atoms in total. The first-order valence-electron chi connectivity index (χ1n) is 5.44. The maximum absolute atomic E-state index is 8.93. The minimum atomic E-state index is 0.638. The third-order valence-corrected chi connectivity index (χ3v) is 2.96. The molecule has 0 unspecified atom stereocenters. The average Bonchev–Trinajstić information content (AvgIpc) is 2.88. The highest BCUT2D eigenvalue weighted by Gasteiger charge is 2.25. The lowest BCUT2D eigenvalue weighted by atomic mass is 10.4. The van der Waals surface area contributed by atoms with E-state index in [1.54, 1.807) is 0 Å². The molecular weight excluding hydrogens is 200 g/mol. The Hall–Kier alpha value is -2.02. The van der Waals surface area contributed by atoms with E-state index in [0.29, 0.717) is 11.7 Å². The van der Waals surface area contributed by atoms with Crippen LogP contribution in [0.5, 0.6) is 0 Å². The van der Waals surface area contributed by atoms with Crippen LogP contribution in [0.25, 0.3) is 0 Å². The van der Waals surface area contributed by atoms with Crippen molar-refractivity contribution >= 4 is 0 Å². The first-order chi connectivity index (χ1) is 7.88. The molecular formula is C12H12N4. The van der Waals surface area contributed by atoms with E-state index in [9.17, 15) is 0 Å². The van der Waals surface area contributed by atoms with Crippen LogP contribution in [0.2, 0.25) is 0 Å². The molecule has 2 aromatic rings. The third kappa shape index (κ3) is 1.50. The van der Waals surface area contributed by atoms with Crippen molar-refractivity contribution in [3.8, 4) is 6.07 Å². The zero-order valence-electron chi connectivity index (χ0n) is 8.87. The second-order valence-corrected chi connectivity index (χ2v) is 4.16. The number of aromatic nitrogens is 3. The summed E-state index contributed by atoms with van der Waals surface area (Å²) in [7, 11) is 0. The van der Waals surface area contributed by atoms with Crippen molar-refractivity contribution in [1.82, 2.24) is 14.1 Å². The molecule has 3 rings (SSSR count). The zero-order valence-corrected chi connectivity index (χ0v) is 8.87. The molecule has 80 valence electrons. The van der Waals surface area contributed by atoms with Crippen molar-refractivity contribution in [1.29, 1.82) is 5.26 Å². The lowest BCUT2D eigenvalue weighted by Gasteiger charge is -2.08. The fourth-order valence-corrected chi connectivity index (χ4v) is 1.96. The number of imidazole rings is 1. The van der Waals surface area contributed by atoms with Crippen LogP contribution < -0.4 is 0 Å². The van der Waals surface area contributed by atoms with Crippen molar-refractivity contribution in [3.05, 3.63) is 42.2 Å². The molecule has 1 fully saturated rings. The Labute approximate surface area is 93.8 Å². The van der Waals surface area contributed by atoms with E-state index in [1.165, 1.54) is 18.5 Å². The summed E-state index contributed by atoms with van der Waals surface area (Å²) >= 11 is 0. The Morgan fingerprint density at radius 2 is 2.38 bits per heavy atom. The van der Waals surface area contributed by atoms with Crippen LogP contribution >= 0.6 is 0 Å². The van der Waals surface area contributed by atoms with Crippen LogP contribution in [-0.2, 0) is 6.54 Å². The molecule has 2 heterocycles. The van der Waals surface area contributed by atoms with Gasteiger partial charge in [-0.2, -0.15) is 5.26 Å². The quantitative estimate of drug-likeness (QED) is 0.780.